The molecule has 0 aromatic rings. The highest BCUT2D eigenvalue weighted by Gasteiger charge is 2.37. The van der Waals surface area contributed by atoms with E-state index in [1.807, 2.05) is 5.32 Å². The Kier molecular flexibility index (Phi) is 18.7. The summed E-state index contributed by atoms with van der Waals surface area (Å²) in [6.45, 7) is 6.17. The van der Waals surface area contributed by atoms with E-state index < -0.39 is 108 Å². The molecule has 1 fully saturated rings. The first-order valence-electron chi connectivity index (χ1n) is 16.5. The van der Waals surface area contributed by atoms with Gasteiger partial charge >= 0.3 is 11.9 Å². The van der Waals surface area contributed by atoms with Crippen molar-refractivity contribution in [1.29, 1.82) is 0 Å². The second kappa shape index (κ2) is 21.7. The molecule has 6 atom stereocenters. The van der Waals surface area contributed by atoms with Crippen LogP contribution < -0.4 is 32.3 Å². The molecule has 0 aromatic heterocycles. The third kappa shape index (κ3) is 15.2. The van der Waals surface area contributed by atoms with Gasteiger partial charge in [-0.1, -0.05) is 25.5 Å². The highest BCUT2D eigenvalue weighted by atomic mass is 16.5. The number of esters is 1. The van der Waals surface area contributed by atoms with Gasteiger partial charge in [0.1, 0.15) is 30.8 Å². The van der Waals surface area contributed by atoms with E-state index in [1.165, 1.54) is 27.0 Å². The molecular weight excluding hydrogens is 690 g/mol. The number of primary amides is 1. The number of rotatable bonds is 22. The number of nitrogens with one attached hydrogen (secondary N) is 5. The van der Waals surface area contributed by atoms with Crippen molar-refractivity contribution in [3.05, 3.63) is 12.7 Å². The van der Waals surface area contributed by atoms with Gasteiger partial charge in [0.25, 0.3) is 5.91 Å². The Labute approximate surface area is 300 Å². The van der Waals surface area contributed by atoms with Crippen molar-refractivity contribution >= 4 is 59.1 Å². The van der Waals surface area contributed by atoms with Gasteiger partial charge in [0.15, 0.2) is 0 Å². The van der Waals surface area contributed by atoms with Gasteiger partial charge in [-0.05, 0) is 39.0 Å². The van der Waals surface area contributed by atoms with Crippen LogP contribution in [0.5, 0.6) is 0 Å². The number of carboxylic acid groups (broad SMARTS) is 1. The Morgan fingerprint density at radius 1 is 0.923 bits per heavy atom. The third-order valence-corrected chi connectivity index (χ3v) is 7.97. The summed E-state index contributed by atoms with van der Waals surface area (Å²) in [5.41, 5.74) is 5.28. The van der Waals surface area contributed by atoms with Gasteiger partial charge < -0.3 is 52.2 Å². The lowest BCUT2D eigenvalue weighted by Gasteiger charge is -2.29. The molecule has 20 nitrogen and oxygen atoms in total. The summed E-state index contributed by atoms with van der Waals surface area (Å²) in [4.78, 5) is 125. The van der Waals surface area contributed by atoms with E-state index in [0.717, 1.165) is 24.7 Å². The molecule has 7 amide bonds. The predicted octanol–water partition coefficient (Wildman–Crippen LogP) is -3.48. The number of carboxylic acids is 1. The second-order valence-electron chi connectivity index (χ2n) is 12.4. The van der Waals surface area contributed by atoms with Gasteiger partial charge in [-0.15, -0.1) is 0 Å². The smallest absolute Gasteiger partial charge is 0.306 e. The molecule has 1 saturated carbocycles. The number of aliphatic hydroxyl groups is 1. The summed E-state index contributed by atoms with van der Waals surface area (Å²) in [6.07, 6.45) is 1.26. The fourth-order valence-electron chi connectivity index (χ4n) is 5.28. The van der Waals surface area contributed by atoms with E-state index in [2.05, 4.69) is 27.8 Å². The molecule has 0 radical (unpaired) electrons. The maximum absolute atomic E-state index is 13.2. The zero-order chi connectivity index (χ0) is 39.7. The van der Waals surface area contributed by atoms with Crippen LogP contribution in [-0.4, -0.2) is 131 Å². The molecule has 0 spiro atoms. The molecular formula is C32H49N7O13. The summed E-state index contributed by atoms with van der Waals surface area (Å²) in [5, 5.41) is 30.8. The monoisotopic (exact) mass is 739 g/mol. The van der Waals surface area contributed by atoms with Gasteiger partial charge in [-0.25, -0.2) is 0 Å². The first-order valence-corrected chi connectivity index (χ1v) is 16.5. The average molecular weight is 740 g/mol. The molecule has 0 aromatic carbocycles. The topological polar surface area (TPSA) is 310 Å². The molecule has 52 heavy (non-hydrogen) atoms. The molecule has 9 N–H and O–H groups in total. The first kappa shape index (κ1) is 44.6. The van der Waals surface area contributed by atoms with E-state index in [0.29, 0.717) is 12.8 Å². The number of nitrogens with two attached hydrogens (primary N) is 1. The molecule has 0 aliphatic heterocycles. The highest BCUT2D eigenvalue weighted by molar-refractivity contribution is 6.38. The fourth-order valence-corrected chi connectivity index (χ4v) is 5.28. The Bertz CT molecular complexity index is 1380. The zero-order valence-electron chi connectivity index (χ0n) is 29.6. The number of ether oxygens (including phenoxy) is 1. The number of carbonyl (C=O) groups excluding carboxylic acids is 9. The van der Waals surface area contributed by atoms with E-state index in [9.17, 15) is 58.2 Å². The van der Waals surface area contributed by atoms with Crippen molar-refractivity contribution in [3.63, 3.8) is 0 Å². The number of likely N-dealkylation sites (N-methyl/N-ethyl adjacent to an activating group) is 1. The van der Waals surface area contributed by atoms with Crippen LogP contribution in [0.1, 0.15) is 65.7 Å². The highest BCUT2D eigenvalue weighted by Crippen LogP contribution is 2.28. The van der Waals surface area contributed by atoms with Gasteiger partial charge in [-0.3, -0.25) is 47.9 Å². The van der Waals surface area contributed by atoms with E-state index in [-0.39, 0.29) is 25.4 Å². The summed E-state index contributed by atoms with van der Waals surface area (Å²) in [7, 11) is 1.18. The minimum Gasteiger partial charge on any atom is -0.481 e. The number of carbonyl (C=O) groups is 10. The van der Waals surface area contributed by atoms with Crippen molar-refractivity contribution < 1.29 is 62.9 Å². The first-order chi connectivity index (χ1) is 24.3. The molecule has 0 saturated heterocycles. The average Bonchev–Trinajstić information content (AvgIpc) is 3.59. The van der Waals surface area contributed by atoms with Crippen LogP contribution in [0.2, 0.25) is 0 Å². The van der Waals surface area contributed by atoms with Crippen molar-refractivity contribution in [1.82, 2.24) is 31.5 Å². The number of aliphatic hydroxyl groups excluding tert-OH is 1. The lowest BCUT2D eigenvalue weighted by molar-refractivity contribution is -0.144. The molecule has 0 unspecified atom stereocenters. The summed E-state index contributed by atoms with van der Waals surface area (Å²) in [5.74, 6) is -10.5. The SMILES string of the molecule is C=CCOC(=O)CC[C@H](NC(=O)[C@H](CC(=O)O)NC(=O)C(=O)[C@H](C)NC(=O)CN(C)C(=O)[C@@H](NC(=O)[C@@H](NC(C)=O)C1CCCC1)[C@@H](C)O)C(N)=O. The summed E-state index contributed by atoms with van der Waals surface area (Å²) >= 11 is 0. The molecule has 0 bridgehead atoms. The molecule has 1 aliphatic rings. The number of nitrogens with zero attached hydrogens (tertiary/aromatic N) is 1. The van der Waals surface area contributed by atoms with E-state index in [1.54, 1.807) is 0 Å². The standard InChI is InChI=1S/C32H49N7O13/c1-6-13-52-24(45)12-11-20(28(33)47)36-29(48)21(14-23(43)44)37-31(50)27(46)16(2)34-22(42)15-39(5)32(51)25(17(3)40)38-30(49)26(35-18(4)41)19-9-7-8-10-19/h6,16-17,19-21,25-26,40H,1,7-15H2,2-5H3,(H2,33,47)(H,34,42)(H,35,41)(H,36,48)(H,37,50)(H,38,49)(H,43,44)/t16-,17+,20-,21-,25-,26-/m0/s1. The second-order valence-corrected chi connectivity index (χ2v) is 12.4. The van der Waals surface area contributed by atoms with Crippen molar-refractivity contribution in [2.24, 2.45) is 11.7 Å². The van der Waals surface area contributed by atoms with E-state index >= 15 is 0 Å². The quantitative estimate of drug-likeness (QED) is 0.0304. The zero-order valence-corrected chi connectivity index (χ0v) is 29.6. The lowest BCUT2D eigenvalue weighted by Crippen LogP contribution is -2.59. The molecule has 1 aliphatic carbocycles. The van der Waals surface area contributed by atoms with Crippen LogP contribution in [0.4, 0.5) is 0 Å². The van der Waals surface area contributed by atoms with E-state index in [4.69, 9.17) is 10.5 Å². The predicted molar refractivity (Wildman–Crippen MR) is 179 cm³/mol. The van der Waals surface area contributed by atoms with Crippen LogP contribution in [-0.2, 0) is 52.7 Å². The Morgan fingerprint density at radius 2 is 1.54 bits per heavy atom. The number of Topliss-reactive ketones (excluding diaryl/α,β-unsaturated/α-hetero) is 1. The summed E-state index contributed by atoms with van der Waals surface area (Å²) < 4.78 is 4.78. The largest absolute Gasteiger partial charge is 0.481 e. The van der Waals surface area contributed by atoms with Gasteiger partial charge in [0.2, 0.25) is 41.2 Å². The Morgan fingerprint density at radius 3 is 2.06 bits per heavy atom. The van der Waals surface area contributed by atoms with Crippen molar-refractivity contribution in [2.45, 2.75) is 102 Å². The minimum atomic E-state index is -1.89. The van der Waals surface area contributed by atoms with Gasteiger partial charge in [-0.2, -0.15) is 0 Å². The number of hydrogen-bond donors (Lipinski definition) is 8. The van der Waals surface area contributed by atoms with Crippen molar-refractivity contribution in [2.75, 3.05) is 20.2 Å². The van der Waals surface area contributed by atoms with Crippen LogP contribution >= 0.6 is 0 Å². The van der Waals surface area contributed by atoms with Gasteiger partial charge in [0, 0.05) is 20.4 Å². The van der Waals surface area contributed by atoms with Crippen LogP contribution in [0.3, 0.4) is 0 Å². The number of hydrogen-bond acceptors (Lipinski definition) is 12. The molecule has 1 rings (SSSR count). The maximum atomic E-state index is 13.2. The third-order valence-electron chi connectivity index (χ3n) is 7.97. The molecule has 20 heteroatoms. The minimum absolute atomic E-state index is 0.104. The van der Waals surface area contributed by atoms with Crippen LogP contribution in [0.25, 0.3) is 0 Å². The lowest BCUT2D eigenvalue weighted by atomic mass is 9.96. The fraction of sp³-hybridized carbons (Fsp3) is 0.625. The van der Waals surface area contributed by atoms with Crippen LogP contribution in [0.15, 0.2) is 12.7 Å². The Hall–Kier alpha value is -5.40. The van der Waals surface area contributed by atoms with Gasteiger partial charge in [0.05, 0.1) is 25.1 Å². The summed E-state index contributed by atoms with van der Waals surface area (Å²) in [6, 6.07) is -7.36. The number of ketones is 1. The Balaban J connectivity index is 2.87. The number of amides is 7. The van der Waals surface area contributed by atoms with Crippen LogP contribution in [0, 0.1) is 5.92 Å². The normalized spacial score (nSPS) is 15.9. The molecule has 0 heterocycles. The number of aliphatic carboxylic acids is 1. The van der Waals surface area contributed by atoms with Crippen molar-refractivity contribution in [3.8, 4) is 0 Å². The molecule has 290 valence electrons. The maximum Gasteiger partial charge on any atom is 0.306 e.